The van der Waals surface area contributed by atoms with Crippen LogP contribution in [0.4, 0.5) is 0 Å². The Morgan fingerprint density at radius 1 is 0.722 bits per heavy atom. The van der Waals surface area contributed by atoms with E-state index in [9.17, 15) is 0 Å². The molecular formula is C16H14BrCl. The van der Waals surface area contributed by atoms with E-state index in [1.54, 1.807) is 0 Å². The third-order valence-electron chi connectivity index (χ3n) is 2.11. The first-order valence-corrected chi connectivity index (χ1v) is 6.85. The molecule has 0 atom stereocenters. The van der Waals surface area contributed by atoms with Gasteiger partial charge in [0.2, 0.25) is 0 Å². The van der Waals surface area contributed by atoms with Crippen LogP contribution in [-0.2, 0) is 0 Å². The third kappa shape index (κ3) is 6.43. The van der Waals surface area contributed by atoms with Gasteiger partial charge in [-0.2, -0.15) is 0 Å². The highest BCUT2D eigenvalue weighted by atomic mass is 79.9. The summed E-state index contributed by atoms with van der Waals surface area (Å²) < 4.78 is 0. The van der Waals surface area contributed by atoms with E-state index in [1.165, 1.54) is 11.1 Å². The van der Waals surface area contributed by atoms with Crippen molar-refractivity contribution in [3.8, 4) is 0 Å². The van der Waals surface area contributed by atoms with E-state index in [0.717, 1.165) is 5.56 Å². The molecule has 0 nitrogen and oxygen atoms in total. The highest BCUT2D eigenvalue weighted by Crippen LogP contribution is 2.02. The summed E-state index contributed by atoms with van der Waals surface area (Å²) >= 11 is 8.56. The van der Waals surface area contributed by atoms with Crippen molar-refractivity contribution in [1.82, 2.24) is 0 Å². The quantitative estimate of drug-likeness (QED) is 0.641. The van der Waals surface area contributed by atoms with Crippen LogP contribution in [0.3, 0.4) is 0 Å². The molecule has 2 heteroatoms. The van der Waals surface area contributed by atoms with Crippen LogP contribution in [-0.4, -0.2) is 0 Å². The topological polar surface area (TPSA) is 0 Å². The zero-order valence-corrected chi connectivity index (χ0v) is 12.2. The molecular weight excluding hydrogens is 308 g/mol. The summed E-state index contributed by atoms with van der Waals surface area (Å²) in [4.78, 5) is 1.85. The van der Waals surface area contributed by atoms with Gasteiger partial charge in [-0.15, -0.1) is 0 Å². The van der Waals surface area contributed by atoms with Crippen LogP contribution in [0.15, 0.2) is 71.2 Å². The van der Waals surface area contributed by atoms with Gasteiger partial charge in [0.15, 0.2) is 0 Å². The fourth-order valence-electron chi connectivity index (χ4n) is 1.27. The van der Waals surface area contributed by atoms with Crippen LogP contribution in [0.25, 0.3) is 12.2 Å². The minimum Gasteiger partial charge on any atom is -0.0929 e. The van der Waals surface area contributed by atoms with E-state index in [0.29, 0.717) is 0 Å². The Bertz CT molecular complexity index is 427. The summed E-state index contributed by atoms with van der Waals surface area (Å²) in [5.41, 5.74) is 3.86. The number of hydrogen-bond donors (Lipinski definition) is 0. The van der Waals surface area contributed by atoms with Gasteiger partial charge in [0.05, 0.1) is 0 Å². The van der Waals surface area contributed by atoms with Gasteiger partial charge in [-0.1, -0.05) is 88.2 Å². The summed E-state index contributed by atoms with van der Waals surface area (Å²) in [6.07, 6.45) is 3.85. The Balaban J connectivity index is 0.000000180. The second kappa shape index (κ2) is 9.69. The van der Waals surface area contributed by atoms with Gasteiger partial charge >= 0.3 is 0 Å². The molecule has 0 bridgehead atoms. The summed E-state index contributed by atoms with van der Waals surface area (Å²) in [6.45, 7) is 0. The maximum Gasteiger partial charge on any atom is 0.00484 e. The van der Waals surface area contributed by atoms with E-state index in [4.69, 9.17) is 11.6 Å². The molecule has 0 saturated carbocycles. The van der Waals surface area contributed by atoms with Crippen LogP contribution in [0.1, 0.15) is 11.1 Å². The van der Waals surface area contributed by atoms with E-state index in [1.807, 2.05) is 65.7 Å². The Morgan fingerprint density at radius 3 is 1.56 bits per heavy atom. The van der Waals surface area contributed by atoms with Gasteiger partial charge in [-0.3, -0.25) is 0 Å². The van der Waals surface area contributed by atoms with Gasteiger partial charge in [-0.25, -0.2) is 0 Å². The first-order valence-electron chi connectivity index (χ1n) is 5.50. The normalized spacial score (nSPS) is 10.3. The first-order chi connectivity index (χ1) is 8.86. The predicted molar refractivity (Wildman–Crippen MR) is 85.7 cm³/mol. The van der Waals surface area contributed by atoms with Crippen molar-refractivity contribution in [1.29, 1.82) is 0 Å². The zero-order chi connectivity index (χ0) is 13.1. The van der Waals surface area contributed by atoms with Gasteiger partial charge in [0, 0.05) is 5.54 Å². The van der Waals surface area contributed by atoms with Gasteiger partial charge in [0.25, 0.3) is 0 Å². The van der Waals surface area contributed by atoms with Crippen LogP contribution in [0.2, 0.25) is 0 Å². The summed E-state index contributed by atoms with van der Waals surface area (Å²) in [5, 5.41) is 0. The Kier molecular flexibility index (Phi) is 7.94. The number of halogens is 2. The SMILES string of the molecule is BrC=Cc1ccccc1.ClC=Cc1ccccc1. The molecule has 0 heterocycles. The van der Waals surface area contributed by atoms with E-state index in [2.05, 4.69) is 28.1 Å². The minimum absolute atomic E-state index is 1.13. The van der Waals surface area contributed by atoms with Crippen molar-refractivity contribution in [2.24, 2.45) is 0 Å². The van der Waals surface area contributed by atoms with Crippen LogP contribution in [0.5, 0.6) is 0 Å². The molecule has 0 amide bonds. The highest BCUT2D eigenvalue weighted by molar-refractivity contribution is 9.11. The maximum absolute atomic E-state index is 5.36. The molecule has 0 aliphatic heterocycles. The number of rotatable bonds is 2. The molecule has 0 spiro atoms. The third-order valence-corrected chi connectivity index (χ3v) is 2.50. The fourth-order valence-corrected chi connectivity index (χ4v) is 1.72. The van der Waals surface area contributed by atoms with Gasteiger partial charge < -0.3 is 0 Å². The van der Waals surface area contributed by atoms with E-state index >= 15 is 0 Å². The summed E-state index contributed by atoms with van der Waals surface area (Å²) in [7, 11) is 0. The molecule has 18 heavy (non-hydrogen) atoms. The summed E-state index contributed by atoms with van der Waals surface area (Å²) in [5.74, 6) is 0. The molecule has 0 aliphatic carbocycles. The largest absolute Gasteiger partial charge is 0.0929 e. The molecule has 0 aliphatic rings. The molecule has 2 aromatic rings. The molecule has 0 saturated heterocycles. The molecule has 0 unspecified atom stereocenters. The van der Waals surface area contributed by atoms with Crippen LogP contribution >= 0.6 is 27.5 Å². The van der Waals surface area contributed by atoms with Crippen LogP contribution < -0.4 is 0 Å². The molecule has 2 rings (SSSR count). The lowest BCUT2D eigenvalue weighted by Crippen LogP contribution is -1.64. The Labute approximate surface area is 122 Å². The highest BCUT2D eigenvalue weighted by Gasteiger charge is 1.78. The first kappa shape index (κ1) is 14.7. The molecule has 0 radical (unpaired) electrons. The van der Waals surface area contributed by atoms with Crippen molar-refractivity contribution >= 4 is 39.7 Å². The van der Waals surface area contributed by atoms with Crippen molar-refractivity contribution in [2.75, 3.05) is 0 Å². The second-order valence-electron chi connectivity index (χ2n) is 3.41. The van der Waals surface area contributed by atoms with Crippen LogP contribution in [0, 0.1) is 0 Å². The zero-order valence-electron chi connectivity index (χ0n) is 9.84. The van der Waals surface area contributed by atoms with Crippen molar-refractivity contribution in [2.45, 2.75) is 0 Å². The molecule has 0 N–H and O–H groups in total. The Morgan fingerprint density at radius 2 is 1.17 bits per heavy atom. The van der Waals surface area contributed by atoms with Crippen molar-refractivity contribution in [3.05, 3.63) is 82.3 Å². The fraction of sp³-hybridized carbons (Fsp3) is 0. The monoisotopic (exact) mass is 320 g/mol. The predicted octanol–water partition coefficient (Wildman–Crippen LogP) is 5.95. The summed E-state index contributed by atoms with van der Waals surface area (Å²) in [6, 6.07) is 20.1. The molecule has 0 aromatic heterocycles. The van der Waals surface area contributed by atoms with Gasteiger partial charge in [0.1, 0.15) is 0 Å². The lowest BCUT2D eigenvalue weighted by Gasteiger charge is -1.86. The average molecular weight is 322 g/mol. The van der Waals surface area contributed by atoms with Crippen molar-refractivity contribution < 1.29 is 0 Å². The average Bonchev–Trinajstić information content (AvgIpc) is 2.43. The standard InChI is InChI=1S/C8H7Br.C8H7Cl/c2*9-7-6-8-4-2-1-3-5-8/h2*1-7H. The van der Waals surface area contributed by atoms with Crippen molar-refractivity contribution in [3.63, 3.8) is 0 Å². The lowest BCUT2D eigenvalue weighted by molar-refractivity contribution is 1.66. The number of benzene rings is 2. The Hall–Kier alpha value is -1.31. The lowest BCUT2D eigenvalue weighted by atomic mass is 10.2. The second-order valence-corrected chi connectivity index (χ2v) is 4.19. The molecule has 2 aromatic carbocycles. The maximum atomic E-state index is 5.36. The minimum atomic E-state index is 1.13. The van der Waals surface area contributed by atoms with Gasteiger partial charge in [-0.05, 0) is 28.3 Å². The van der Waals surface area contributed by atoms with E-state index < -0.39 is 0 Å². The molecule has 92 valence electrons. The molecule has 0 fully saturated rings. The smallest absolute Gasteiger partial charge is 0.00484 e. The number of hydrogen-bond acceptors (Lipinski definition) is 0. The van der Waals surface area contributed by atoms with E-state index in [-0.39, 0.29) is 0 Å².